The van der Waals surface area contributed by atoms with Crippen molar-refractivity contribution < 1.29 is 14.0 Å². The minimum atomic E-state index is -2.35. The number of hydrogen-bond acceptors (Lipinski definition) is 2. The molecule has 0 spiro atoms. The highest BCUT2D eigenvalue weighted by atomic mass is 31.1. The van der Waals surface area contributed by atoms with Gasteiger partial charge in [-0.2, -0.15) is 0 Å². The van der Waals surface area contributed by atoms with Crippen LogP contribution in [0, 0.1) is 0 Å². The first-order valence-corrected chi connectivity index (χ1v) is 2.10. The van der Waals surface area contributed by atoms with Crippen molar-refractivity contribution in [2.75, 3.05) is 7.11 Å². The fraction of sp³-hybridized carbons (Fsp3) is 1.00. The van der Waals surface area contributed by atoms with Gasteiger partial charge in [-0.25, -0.2) is 0 Å². The van der Waals surface area contributed by atoms with E-state index in [1.54, 1.807) is 0 Å². The van der Waals surface area contributed by atoms with E-state index in [0.29, 0.717) is 0 Å². The lowest BCUT2D eigenvalue weighted by atomic mass is 11.8. The molecule has 1 N–H and O–H groups in total. The van der Waals surface area contributed by atoms with Gasteiger partial charge in [0.2, 0.25) is 0 Å². The van der Waals surface area contributed by atoms with Crippen molar-refractivity contribution in [1.82, 2.24) is 0 Å². The molecule has 5 heteroatoms. The fourth-order valence-corrected chi connectivity index (χ4v) is 0. The molecule has 3 nitrogen and oxygen atoms in total. The van der Waals surface area contributed by atoms with Gasteiger partial charge in [-0.1, -0.05) is 0 Å². The number of rotatable bonds is 1. The molecule has 0 fully saturated rings. The smallest absolute Gasteiger partial charge is 0.133 e. The third kappa shape index (κ3) is 8.82. The van der Waals surface area contributed by atoms with E-state index >= 15 is 0 Å². The summed E-state index contributed by atoms with van der Waals surface area (Å²) in [4.78, 5) is 7.65. The molecule has 0 aromatic carbocycles. The SMILES string of the molecule is CO[P+](=O)O.[AlH3]. The monoisotopic (exact) mass is 125 g/mol. The summed E-state index contributed by atoms with van der Waals surface area (Å²) in [5, 5.41) is 0. The molecule has 0 bridgehead atoms. The van der Waals surface area contributed by atoms with E-state index in [1.165, 1.54) is 7.11 Å². The van der Waals surface area contributed by atoms with Crippen LogP contribution in [0.25, 0.3) is 0 Å². The van der Waals surface area contributed by atoms with Crippen LogP contribution in [0.5, 0.6) is 0 Å². The van der Waals surface area contributed by atoms with Crippen LogP contribution in [0.1, 0.15) is 0 Å². The van der Waals surface area contributed by atoms with Gasteiger partial charge >= 0.3 is 8.25 Å². The van der Waals surface area contributed by atoms with Gasteiger partial charge in [0.25, 0.3) is 0 Å². The molecule has 0 aliphatic carbocycles. The van der Waals surface area contributed by atoms with Gasteiger partial charge in [0.1, 0.15) is 0 Å². The first kappa shape index (κ1) is 9.75. The van der Waals surface area contributed by atoms with Gasteiger partial charge < -0.3 is 0 Å². The van der Waals surface area contributed by atoms with Gasteiger partial charge in [-0.15, -0.1) is 9.42 Å². The Labute approximate surface area is 47.4 Å². The van der Waals surface area contributed by atoms with Crippen LogP contribution in [0.15, 0.2) is 0 Å². The molecule has 0 saturated carbocycles. The van der Waals surface area contributed by atoms with Crippen molar-refractivity contribution in [3.8, 4) is 0 Å². The predicted molar refractivity (Wildman–Crippen MR) is 26.8 cm³/mol. The molecule has 0 aromatic rings. The quantitative estimate of drug-likeness (QED) is 0.365. The van der Waals surface area contributed by atoms with Crippen LogP contribution in [0.2, 0.25) is 0 Å². The first-order valence-electron chi connectivity index (χ1n) is 0.973. The Morgan fingerprint density at radius 1 is 1.83 bits per heavy atom. The van der Waals surface area contributed by atoms with Crippen molar-refractivity contribution in [3.63, 3.8) is 0 Å². The van der Waals surface area contributed by atoms with Crippen LogP contribution in [0.4, 0.5) is 0 Å². The molecule has 0 saturated heterocycles. The Balaban J connectivity index is 0. The lowest BCUT2D eigenvalue weighted by Crippen LogP contribution is -1.57. The van der Waals surface area contributed by atoms with E-state index in [0.717, 1.165) is 0 Å². The van der Waals surface area contributed by atoms with Gasteiger partial charge in [-0.3, -0.25) is 0 Å². The molecule has 0 aromatic heterocycles. The minimum absolute atomic E-state index is 0. The topological polar surface area (TPSA) is 46.5 Å². The standard InChI is InChI=1S/CH3O3P.Al.3H/c1-4-5(2)3;;;;/h1H3;;;;/p+1. The Morgan fingerprint density at radius 3 is 2.00 bits per heavy atom. The maximum Gasteiger partial charge on any atom is 0.694 e. The molecule has 6 heavy (non-hydrogen) atoms. The summed E-state index contributed by atoms with van der Waals surface area (Å²) >= 11 is 0. The maximum absolute atomic E-state index is 9.29. The molecule has 0 rings (SSSR count). The molecule has 0 amide bonds. The van der Waals surface area contributed by atoms with Crippen molar-refractivity contribution in [2.24, 2.45) is 0 Å². The molecular weight excluding hydrogens is 118 g/mol. The zero-order chi connectivity index (χ0) is 4.28. The summed E-state index contributed by atoms with van der Waals surface area (Å²) in [6.07, 6.45) is 0. The third-order valence-electron chi connectivity index (χ3n) is 0.156. The molecule has 36 valence electrons. The Bertz CT molecular complexity index is 46.1. The summed E-state index contributed by atoms with van der Waals surface area (Å²) < 4.78 is 13.1. The van der Waals surface area contributed by atoms with Crippen LogP contribution < -0.4 is 0 Å². The van der Waals surface area contributed by atoms with E-state index in [4.69, 9.17) is 4.89 Å². The molecular formula is CH7AlO3P+. The van der Waals surface area contributed by atoms with Crippen LogP contribution >= 0.6 is 8.25 Å². The highest BCUT2D eigenvalue weighted by molar-refractivity contribution is 7.32. The third-order valence-corrected chi connectivity index (χ3v) is 0.469. The predicted octanol–water partition coefficient (Wildman–Crippen LogP) is -0.901. The van der Waals surface area contributed by atoms with E-state index < -0.39 is 8.25 Å². The Morgan fingerprint density at radius 2 is 2.00 bits per heavy atom. The van der Waals surface area contributed by atoms with Crippen LogP contribution in [-0.2, 0) is 9.09 Å². The average Bonchev–Trinajstić information content (AvgIpc) is 1.38. The van der Waals surface area contributed by atoms with E-state index in [1.807, 2.05) is 0 Å². The Kier molecular flexibility index (Phi) is 9.02. The normalized spacial score (nSPS) is 9.33. The number of hydrogen-bond donors (Lipinski definition) is 1. The molecule has 0 radical (unpaired) electrons. The van der Waals surface area contributed by atoms with Crippen LogP contribution in [-0.4, -0.2) is 29.4 Å². The molecule has 0 aliphatic heterocycles. The second-order valence-corrected chi connectivity index (χ2v) is 1.26. The zero-order valence-electron chi connectivity index (χ0n) is 2.71. The highest BCUT2D eigenvalue weighted by Crippen LogP contribution is 2.09. The lowest BCUT2D eigenvalue weighted by molar-refractivity contribution is 0.343. The second kappa shape index (κ2) is 5.55. The summed E-state index contributed by atoms with van der Waals surface area (Å²) in [6, 6.07) is 0. The minimum Gasteiger partial charge on any atom is -0.133 e. The van der Waals surface area contributed by atoms with E-state index in [2.05, 4.69) is 4.52 Å². The molecule has 1 unspecified atom stereocenters. The summed E-state index contributed by atoms with van der Waals surface area (Å²) in [5.41, 5.74) is 0. The molecule has 0 aliphatic rings. The van der Waals surface area contributed by atoms with E-state index in [-0.39, 0.29) is 17.4 Å². The highest BCUT2D eigenvalue weighted by Gasteiger charge is 2.02. The van der Waals surface area contributed by atoms with Crippen LogP contribution in [0.3, 0.4) is 0 Å². The van der Waals surface area contributed by atoms with Gasteiger partial charge in [0.05, 0.1) is 7.11 Å². The van der Waals surface area contributed by atoms with Gasteiger partial charge in [0.15, 0.2) is 17.4 Å². The van der Waals surface area contributed by atoms with Crippen molar-refractivity contribution in [2.45, 2.75) is 0 Å². The zero-order valence-corrected chi connectivity index (χ0v) is 3.61. The summed E-state index contributed by atoms with van der Waals surface area (Å²) in [6.45, 7) is 0. The molecule has 0 heterocycles. The van der Waals surface area contributed by atoms with Crippen molar-refractivity contribution in [1.29, 1.82) is 0 Å². The largest absolute Gasteiger partial charge is 0.694 e. The van der Waals surface area contributed by atoms with Crippen molar-refractivity contribution in [3.05, 3.63) is 0 Å². The second-order valence-electron chi connectivity index (χ2n) is 0.420. The first-order chi connectivity index (χ1) is 2.27. The van der Waals surface area contributed by atoms with Gasteiger partial charge in [0, 0.05) is 4.57 Å². The van der Waals surface area contributed by atoms with Crippen molar-refractivity contribution >= 4 is 25.6 Å². The summed E-state index contributed by atoms with van der Waals surface area (Å²) in [5.74, 6) is 0. The maximum atomic E-state index is 9.29. The fourth-order valence-electron chi connectivity index (χ4n) is 0. The lowest BCUT2D eigenvalue weighted by Gasteiger charge is -1.55. The van der Waals surface area contributed by atoms with E-state index in [9.17, 15) is 4.57 Å². The Hall–Kier alpha value is 0.552. The molecule has 1 atom stereocenters. The average molecular weight is 125 g/mol. The summed E-state index contributed by atoms with van der Waals surface area (Å²) in [7, 11) is -1.18. The van der Waals surface area contributed by atoms with Gasteiger partial charge in [-0.05, 0) is 0 Å².